The van der Waals surface area contributed by atoms with Gasteiger partial charge in [-0.05, 0) is 25.3 Å². The average Bonchev–Trinajstić information content (AvgIpc) is 3.30. The summed E-state index contributed by atoms with van der Waals surface area (Å²) in [6.07, 6.45) is 7.91. The molecular formula is C15H23N3S. The lowest BCUT2D eigenvalue weighted by Gasteiger charge is -2.34. The zero-order valence-electron chi connectivity index (χ0n) is 11.6. The van der Waals surface area contributed by atoms with Crippen molar-refractivity contribution >= 4 is 17.4 Å². The number of aromatic nitrogens is 1. The van der Waals surface area contributed by atoms with E-state index in [-0.39, 0.29) is 0 Å². The van der Waals surface area contributed by atoms with E-state index in [2.05, 4.69) is 40.0 Å². The molecule has 2 aliphatic rings. The van der Waals surface area contributed by atoms with E-state index in [4.69, 9.17) is 0 Å². The molecule has 1 atom stereocenters. The first-order valence-corrected chi connectivity index (χ1v) is 8.44. The van der Waals surface area contributed by atoms with Gasteiger partial charge in [0.1, 0.15) is 0 Å². The standard InChI is InChI=1S/C15H23N3S/c1-2-14-11-18(7-8-19-14)15-5-6-16-9-12(15)10-17-13-3-4-13/h5-6,9,13-14,17H,2-4,7-8,10-11H2,1H3. The summed E-state index contributed by atoms with van der Waals surface area (Å²) in [4.78, 5) is 6.86. The molecule has 1 aromatic rings. The van der Waals surface area contributed by atoms with Crippen LogP contribution in [0.3, 0.4) is 0 Å². The van der Waals surface area contributed by atoms with Gasteiger partial charge in [-0.2, -0.15) is 11.8 Å². The zero-order valence-corrected chi connectivity index (χ0v) is 12.5. The van der Waals surface area contributed by atoms with Gasteiger partial charge in [0.15, 0.2) is 0 Å². The highest BCUT2D eigenvalue weighted by Gasteiger charge is 2.23. The molecular weight excluding hydrogens is 254 g/mol. The summed E-state index contributed by atoms with van der Waals surface area (Å²) in [7, 11) is 0. The van der Waals surface area contributed by atoms with Gasteiger partial charge in [0.2, 0.25) is 0 Å². The minimum atomic E-state index is 0.758. The number of hydrogen-bond donors (Lipinski definition) is 1. The Morgan fingerprint density at radius 3 is 3.16 bits per heavy atom. The Bertz CT molecular complexity index is 420. The van der Waals surface area contributed by atoms with Crippen LogP contribution in [0.5, 0.6) is 0 Å². The molecule has 1 N–H and O–H groups in total. The van der Waals surface area contributed by atoms with Gasteiger partial charge in [0.25, 0.3) is 0 Å². The summed E-state index contributed by atoms with van der Waals surface area (Å²) >= 11 is 2.12. The molecule has 1 unspecified atom stereocenters. The molecule has 4 heteroatoms. The van der Waals surface area contributed by atoms with Crippen LogP contribution >= 0.6 is 11.8 Å². The number of rotatable bonds is 5. The van der Waals surface area contributed by atoms with E-state index in [9.17, 15) is 0 Å². The summed E-state index contributed by atoms with van der Waals surface area (Å²) in [6, 6.07) is 2.94. The van der Waals surface area contributed by atoms with Crippen LogP contribution in [-0.2, 0) is 6.54 Å². The van der Waals surface area contributed by atoms with Crippen LogP contribution in [0.4, 0.5) is 5.69 Å². The molecule has 3 nitrogen and oxygen atoms in total. The van der Waals surface area contributed by atoms with Crippen molar-refractivity contribution in [3.8, 4) is 0 Å². The van der Waals surface area contributed by atoms with Crippen molar-refractivity contribution in [1.82, 2.24) is 10.3 Å². The first-order valence-electron chi connectivity index (χ1n) is 7.39. The molecule has 2 fully saturated rings. The summed E-state index contributed by atoms with van der Waals surface area (Å²) in [6.45, 7) is 5.61. The Morgan fingerprint density at radius 2 is 2.37 bits per heavy atom. The lowest BCUT2D eigenvalue weighted by atomic mass is 10.2. The first kappa shape index (κ1) is 13.3. The minimum Gasteiger partial charge on any atom is -0.369 e. The van der Waals surface area contributed by atoms with Gasteiger partial charge in [0, 0.05) is 60.3 Å². The van der Waals surface area contributed by atoms with Gasteiger partial charge < -0.3 is 10.2 Å². The molecule has 1 aliphatic heterocycles. The quantitative estimate of drug-likeness (QED) is 0.895. The monoisotopic (exact) mass is 277 g/mol. The average molecular weight is 277 g/mol. The molecule has 1 aliphatic carbocycles. The Kier molecular flexibility index (Phi) is 4.28. The first-order chi connectivity index (χ1) is 9.36. The van der Waals surface area contributed by atoms with Gasteiger partial charge in [-0.15, -0.1) is 0 Å². The Labute approximate surface area is 120 Å². The van der Waals surface area contributed by atoms with Gasteiger partial charge >= 0.3 is 0 Å². The molecule has 2 heterocycles. The highest BCUT2D eigenvalue weighted by Crippen LogP contribution is 2.28. The maximum absolute atomic E-state index is 4.31. The second kappa shape index (κ2) is 6.14. The molecule has 1 saturated carbocycles. The van der Waals surface area contributed by atoms with Crippen molar-refractivity contribution in [3.63, 3.8) is 0 Å². The second-order valence-electron chi connectivity index (χ2n) is 5.51. The predicted molar refractivity (Wildman–Crippen MR) is 82.8 cm³/mol. The number of anilines is 1. The van der Waals surface area contributed by atoms with Crippen molar-refractivity contribution in [1.29, 1.82) is 0 Å². The minimum absolute atomic E-state index is 0.758. The van der Waals surface area contributed by atoms with Crippen molar-refractivity contribution in [2.24, 2.45) is 0 Å². The third-order valence-electron chi connectivity index (χ3n) is 3.97. The van der Waals surface area contributed by atoms with Crippen LogP contribution in [0, 0.1) is 0 Å². The number of nitrogens with zero attached hydrogens (tertiary/aromatic N) is 2. The van der Waals surface area contributed by atoms with Crippen LogP contribution in [-0.4, -0.2) is 35.1 Å². The number of hydrogen-bond acceptors (Lipinski definition) is 4. The lowest BCUT2D eigenvalue weighted by molar-refractivity contribution is 0.675. The third kappa shape index (κ3) is 3.42. The molecule has 1 saturated heterocycles. The Hall–Kier alpha value is -0.740. The lowest BCUT2D eigenvalue weighted by Crippen LogP contribution is -2.38. The molecule has 1 aromatic heterocycles. The van der Waals surface area contributed by atoms with E-state index >= 15 is 0 Å². The summed E-state index contributed by atoms with van der Waals surface area (Å²) < 4.78 is 0. The van der Waals surface area contributed by atoms with E-state index in [0.29, 0.717) is 0 Å². The Morgan fingerprint density at radius 1 is 1.47 bits per heavy atom. The normalized spacial score (nSPS) is 23.6. The zero-order chi connectivity index (χ0) is 13.1. The number of pyridine rings is 1. The SMILES string of the molecule is CCC1CN(c2ccncc2CNC2CC2)CCS1. The van der Waals surface area contributed by atoms with Crippen LogP contribution in [0.25, 0.3) is 0 Å². The van der Waals surface area contributed by atoms with Gasteiger partial charge in [0.05, 0.1) is 0 Å². The second-order valence-corrected chi connectivity index (χ2v) is 6.91. The molecule has 0 bridgehead atoms. The van der Waals surface area contributed by atoms with Gasteiger partial charge in [-0.3, -0.25) is 4.98 Å². The van der Waals surface area contributed by atoms with E-state index < -0.39 is 0 Å². The maximum atomic E-state index is 4.31. The molecule has 104 valence electrons. The number of nitrogens with one attached hydrogen (secondary N) is 1. The van der Waals surface area contributed by atoms with Crippen LogP contribution in [0.2, 0.25) is 0 Å². The van der Waals surface area contributed by atoms with E-state index in [1.807, 2.05) is 12.4 Å². The largest absolute Gasteiger partial charge is 0.369 e. The highest BCUT2D eigenvalue weighted by molar-refractivity contribution is 8.00. The van der Waals surface area contributed by atoms with Crippen LogP contribution in [0.1, 0.15) is 31.7 Å². The number of thioether (sulfide) groups is 1. The smallest absolute Gasteiger partial charge is 0.0443 e. The van der Waals surface area contributed by atoms with E-state index in [1.165, 1.54) is 49.4 Å². The third-order valence-corrected chi connectivity index (χ3v) is 5.34. The summed E-state index contributed by atoms with van der Waals surface area (Å²) in [5, 5.41) is 4.39. The van der Waals surface area contributed by atoms with E-state index in [0.717, 1.165) is 17.8 Å². The molecule has 19 heavy (non-hydrogen) atoms. The van der Waals surface area contributed by atoms with Crippen LogP contribution in [0.15, 0.2) is 18.5 Å². The van der Waals surface area contributed by atoms with E-state index in [1.54, 1.807) is 0 Å². The van der Waals surface area contributed by atoms with Crippen molar-refractivity contribution in [3.05, 3.63) is 24.0 Å². The summed E-state index contributed by atoms with van der Waals surface area (Å²) in [5.41, 5.74) is 2.75. The molecule has 0 amide bonds. The fourth-order valence-electron chi connectivity index (χ4n) is 2.59. The fourth-order valence-corrected chi connectivity index (χ4v) is 3.77. The molecule has 3 rings (SSSR count). The molecule has 0 radical (unpaired) electrons. The summed E-state index contributed by atoms with van der Waals surface area (Å²) in [5.74, 6) is 1.25. The molecule has 0 spiro atoms. The fraction of sp³-hybridized carbons (Fsp3) is 0.667. The Balaban J connectivity index is 1.70. The van der Waals surface area contributed by atoms with Crippen molar-refractivity contribution in [2.45, 2.75) is 44.0 Å². The van der Waals surface area contributed by atoms with Gasteiger partial charge in [-0.25, -0.2) is 0 Å². The molecule has 0 aromatic carbocycles. The van der Waals surface area contributed by atoms with Crippen molar-refractivity contribution < 1.29 is 0 Å². The highest BCUT2D eigenvalue weighted by atomic mass is 32.2. The van der Waals surface area contributed by atoms with Gasteiger partial charge in [-0.1, -0.05) is 6.92 Å². The maximum Gasteiger partial charge on any atom is 0.0443 e. The van der Waals surface area contributed by atoms with Crippen LogP contribution < -0.4 is 10.2 Å². The van der Waals surface area contributed by atoms with Crippen molar-refractivity contribution in [2.75, 3.05) is 23.7 Å². The predicted octanol–water partition coefficient (Wildman–Crippen LogP) is 2.67. The topological polar surface area (TPSA) is 28.2 Å².